The number of rotatable bonds is 8. The molecule has 4 heteroatoms. The predicted octanol–water partition coefficient (Wildman–Crippen LogP) is 1.14. The average Bonchev–Trinajstić information content (AvgIpc) is 2.24. The topological polar surface area (TPSA) is 56.1 Å². The van der Waals surface area contributed by atoms with Crippen LogP contribution < -0.4 is 5.32 Å². The molecule has 0 rings (SSSR count). The van der Waals surface area contributed by atoms with E-state index in [4.69, 9.17) is 5.26 Å². The van der Waals surface area contributed by atoms with Crippen molar-refractivity contribution in [3.63, 3.8) is 0 Å². The molecule has 15 heavy (non-hydrogen) atoms. The molecule has 86 valence electrons. The zero-order valence-electron chi connectivity index (χ0n) is 9.75. The van der Waals surface area contributed by atoms with Gasteiger partial charge >= 0.3 is 0 Å². The molecule has 0 atom stereocenters. The summed E-state index contributed by atoms with van der Waals surface area (Å²) in [6.45, 7) is 8.23. The number of nitrogens with zero attached hydrogens (tertiary/aromatic N) is 2. The van der Waals surface area contributed by atoms with Gasteiger partial charge in [0.25, 0.3) is 0 Å². The van der Waals surface area contributed by atoms with Crippen LogP contribution in [0.25, 0.3) is 0 Å². The number of unbranched alkanes of at least 4 members (excludes halogenated alkanes) is 1. The Morgan fingerprint density at radius 3 is 2.53 bits per heavy atom. The normalized spacial score (nSPS) is 10.0. The zero-order chi connectivity index (χ0) is 11.5. The fraction of sp³-hybridized carbons (Fsp3) is 0.818. The molecule has 0 radical (unpaired) electrons. The van der Waals surface area contributed by atoms with E-state index < -0.39 is 0 Å². The molecular formula is C11H21N3O. The standard InChI is InChI=1S/C11H21N3O/c1-3-14(4-2)10-6-5-9-13-11(15)7-8-12/h3-7,9-10H2,1-2H3,(H,13,15). The number of nitrogens with one attached hydrogen (secondary N) is 1. The van der Waals surface area contributed by atoms with E-state index in [-0.39, 0.29) is 12.3 Å². The van der Waals surface area contributed by atoms with Crippen LogP contribution in [0.15, 0.2) is 0 Å². The van der Waals surface area contributed by atoms with Gasteiger partial charge in [0.1, 0.15) is 6.42 Å². The van der Waals surface area contributed by atoms with Gasteiger partial charge in [-0.3, -0.25) is 4.79 Å². The molecule has 0 saturated carbocycles. The molecule has 0 aromatic heterocycles. The van der Waals surface area contributed by atoms with Crippen LogP contribution in [0.5, 0.6) is 0 Å². The fourth-order valence-electron chi connectivity index (χ4n) is 1.36. The van der Waals surface area contributed by atoms with E-state index in [0.717, 1.165) is 32.5 Å². The smallest absolute Gasteiger partial charge is 0.234 e. The largest absolute Gasteiger partial charge is 0.355 e. The SMILES string of the molecule is CCN(CC)CCCCNC(=O)CC#N. The highest BCUT2D eigenvalue weighted by Crippen LogP contribution is 1.93. The highest BCUT2D eigenvalue weighted by atomic mass is 16.1. The van der Waals surface area contributed by atoms with Crippen molar-refractivity contribution in [3.8, 4) is 6.07 Å². The Kier molecular flexibility index (Phi) is 8.79. The summed E-state index contributed by atoms with van der Waals surface area (Å²) in [5, 5.41) is 11.0. The first-order valence-electron chi connectivity index (χ1n) is 5.60. The lowest BCUT2D eigenvalue weighted by Crippen LogP contribution is -2.26. The summed E-state index contributed by atoms with van der Waals surface area (Å²) in [6, 6.07) is 1.82. The second-order valence-electron chi connectivity index (χ2n) is 3.42. The van der Waals surface area contributed by atoms with E-state index in [0.29, 0.717) is 6.54 Å². The summed E-state index contributed by atoms with van der Waals surface area (Å²) in [5.74, 6) is -0.166. The molecule has 0 fully saturated rings. The number of carbonyl (C=O) groups excluding carboxylic acids is 1. The van der Waals surface area contributed by atoms with Crippen molar-refractivity contribution < 1.29 is 4.79 Å². The molecule has 4 nitrogen and oxygen atoms in total. The first kappa shape index (κ1) is 13.9. The van der Waals surface area contributed by atoms with Crippen LogP contribution >= 0.6 is 0 Å². The quantitative estimate of drug-likeness (QED) is 0.612. The average molecular weight is 211 g/mol. The first-order chi connectivity index (χ1) is 7.24. The van der Waals surface area contributed by atoms with Crippen molar-refractivity contribution in [2.75, 3.05) is 26.2 Å². The van der Waals surface area contributed by atoms with Gasteiger partial charge in [-0.1, -0.05) is 13.8 Å². The Morgan fingerprint density at radius 2 is 2.00 bits per heavy atom. The van der Waals surface area contributed by atoms with Crippen LogP contribution in [0.1, 0.15) is 33.1 Å². The van der Waals surface area contributed by atoms with Crippen molar-refractivity contribution in [2.45, 2.75) is 33.1 Å². The van der Waals surface area contributed by atoms with E-state index in [9.17, 15) is 4.79 Å². The van der Waals surface area contributed by atoms with Crippen LogP contribution in [0.3, 0.4) is 0 Å². The van der Waals surface area contributed by atoms with E-state index >= 15 is 0 Å². The lowest BCUT2D eigenvalue weighted by molar-refractivity contribution is -0.120. The van der Waals surface area contributed by atoms with E-state index in [1.165, 1.54) is 0 Å². The lowest BCUT2D eigenvalue weighted by atomic mass is 10.3. The van der Waals surface area contributed by atoms with Gasteiger partial charge in [0.15, 0.2) is 0 Å². The molecule has 0 aliphatic rings. The second kappa shape index (κ2) is 9.47. The van der Waals surface area contributed by atoms with Crippen LogP contribution in [0.4, 0.5) is 0 Å². The van der Waals surface area contributed by atoms with Gasteiger partial charge in [-0.25, -0.2) is 0 Å². The Labute approximate surface area is 92.3 Å². The maximum absolute atomic E-state index is 10.9. The van der Waals surface area contributed by atoms with Gasteiger partial charge < -0.3 is 10.2 Å². The van der Waals surface area contributed by atoms with Gasteiger partial charge in [0.05, 0.1) is 6.07 Å². The predicted molar refractivity (Wildman–Crippen MR) is 60.3 cm³/mol. The van der Waals surface area contributed by atoms with Gasteiger partial charge in [0.2, 0.25) is 5.91 Å². The molecule has 0 heterocycles. The molecular weight excluding hydrogens is 190 g/mol. The highest BCUT2D eigenvalue weighted by Gasteiger charge is 2.00. The van der Waals surface area contributed by atoms with Crippen LogP contribution in [0.2, 0.25) is 0 Å². The summed E-state index contributed by atoms with van der Waals surface area (Å²) >= 11 is 0. The molecule has 0 spiro atoms. The fourth-order valence-corrected chi connectivity index (χ4v) is 1.36. The van der Waals surface area contributed by atoms with Gasteiger partial charge in [-0.15, -0.1) is 0 Å². The summed E-state index contributed by atoms with van der Waals surface area (Å²) in [7, 11) is 0. The minimum absolute atomic E-state index is 0.0317. The minimum atomic E-state index is -0.166. The number of hydrogen-bond acceptors (Lipinski definition) is 3. The maximum atomic E-state index is 10.9. The van der Waals surface area contributed by atoms with Crippen molar-refractivity contribution in [1.82, 2.24) is 10.2 Å². The van der Waals surface area contributed by atoms with Gasteiger partial charge in [-0.2, -0.15) is 5.26 Å². The third-order valence-corrected chi connectivity index (χ3v) is 2.36. The van der Waals surface area contributed by atoms with Crippen LogP contribution in [0, 0.1) is 11.3 Å². The summed E-state index contributed by atoms with van der Waals surface area (Å²) in [4.78, 5) is 13.3. The Hall–Kier alpha value is -1.08. The third kappa shape index (κ3) is 7.95. The number of nitriles is 1. The van der Waals surface area contributed by atoms with Crippen molar-refractivity contribution >= 4 is 5.91 Å². The van der Waals surface area contributed by atoms with Crippen LogP contribution in [-0.2, 0) is 4.79 Å². The maximum Gasteiger partial charge on any atom is 0.234 e. The molecule has 0 aliphatic carbocycles. The molecule has 1 N–H and O–H groups in total. The third-order valence-electron chi connectivity index (χ3n) is 2.36. The number of amides is 1. The monoisotopic (exact) mass is 211 g/mol. The molecule has 0 aliphatic heterocycles. The van der Waals surface area contributed by atoms with Crippen molar-refractivity contribution in [1.29, 1.82) is 5.26 Å². The molecule has 0 unspecified atom stereocenters. The van der Waals surface area contributed by atoms with E-state index in [1.54, 1.807) is 0 Å². The molecule has 0 saturated heterocycles. The molecule has 0 aromatic rings. The summed E-state index contributed by atoms with van der Waals surface area (Å²) in [5.41, 5.74) is 0. The van der Waals surface area contributed by atoms with Gasteiger partial charge in [0, 0.05) is 6.54 Å². The minimum Gasteiger partial charge on any atom is -0.355 e. The van der Waals surface area contributed by atoms with Crippen LogP contribution in [-0.4, -0.2) is 37.0 Å². The van der Waals surface area contributed by atoms with E-state index in [1.807, 2.05) is 6.07 Å². The van der Waals surface area contributed by atoms with Gasteiger partial charge in [-0.05, 0) is 32.5 Å². The first-order valence-corrected chi connectivity index (χ1v) is 5.60. The Balaban J connectivity index is 3.32. The molecule has 0 bridgehead atoms. The number of carbonyl (C=O) groups is 1. The summed E-state index contributed by atoms with van der Waals surface area (Å²) < 4.78 is 0. The summed E-state index contributed by atoms with van der Waals surface area (Å²) in [6.07, 6.45) is 2.04. The molecule has 1 amide bonds. The second-order valence-corrected chi connectivity index (χ2v) is 3.42. The van der Waals surface area contributed by atoms with Crippen molar-refractivity contribution in [3.05, 3.63) is 0 Å². The van der Waals surface area contributed by atoms with E-state index in [2.05, 4.69) is 24.1 Å². The Bertz CT molecular complexity index is 206. The molecule has 0 aromatic carbocycles. The highest BCUT2D eigenvalue weighted by molar-refractivity contribution is 5.77. The lowest BCUT2D eigenvalue weighted by Gasteiger charge is -2.17. The zero-order valence-corrected chi connectivity index (χ0v) is 9.75. The van der Waals surface area contributed by atoms with Crippen molar-refractivity contribution in [2.24, 2.45) is 0 Å². The number of hydrogen-bond donors (Lipinski definition) is 1. The Morgan fingerprint density at radius 1 is 1.33 bits per heavy atom.